The molecule has 1 spiro atoms. The Balaban J connectivity index is 1.61. The van der Waals surface area contributed by atoms with E-state index in [1.54, 1.807) is 0 Å². The first kappa shape index (κ1) is 12.7. The number of carbonyl (C=O) groups excluding carboxylic acids is 1. The first-order chi connectivity index (χ1) is 8.60. The van der Waals surface area contributed by atoms with Crippen LogP contribution in [0.2, 0.25) is 0 Å². The molecule has 3 aliphatic carbocycles. The molecular formula is C16H26O2. The summed E-state index contributed by atoms with van der Waals surface area (Å²) in [6.45, 7) is 4.67. The molecule has 0 bridgehead atoms. The molecule has 102 valence electrons. The van der Waals surface area contributed by atoms with Gasteiger partial charge in [0.2, 0.25) is 0 Å². The lowest BCUT2D eigenvalue weighted by Crippen LogP contribution is -2.55. The third kappa shape index (κ3) is 2.03. The molecule has 3 rings (SSSR count). The highest BCUT2D eigenvalue weighted by molar-refractivity contribution is 5.92. The normalized spacial score (nSPS) is 43.1. The van der Waals surface area contributed by atoms with E-state index in [1.165, 1.54) is 32.1 Å². The summed E-state index contributed by atoms with van der Waals surface area (Å²) in [6.07, 6.45) is 9.74. The van der Waals surface area contributed by atoms with Crippen molar-refractivity contribution < 1.29 is 9.53 Å². The zero-order chi connectivity index (χ0) is 12.8. The third-order valence-electron chi connectivity index (χ3n) is 5.53. The van der Waals surface area contributed by atoms with Gasteiger partial charge in [-0.15, -0.1) is 0 Å². The van der Waals surface area contributed by atoms with Gasteiger partial charge in [0.1, 0.15) is 5.78 Å². The van der Waals surface area contributed by atoms with Crippen molar-refractivity contribution in [2.45, 2.75) is 77.4 Å². The maximum Gasteiger partial charge on any atom is 0.144 e. The second-order valence-corrected chi connectivity index (χ2v) is 7.15. The summed E-state index contributed by atoms with van der Waals surface area (Å²) in [7, 11) is 0. The van der Waals surface area contributed by atoms with Crippen LogP contribution >= 0.6 is 0 Å². The van der Waals surface area contributed by atoms with Crippen LogP contribution in [0.4, 0.5) is 0 Å². The maximum absolute atomic E-state index is 12.0. The molecular weight excluding hydrogens is 224 g/mol. The van der Waals surface area contributed by atoms with Gasteiger partial charge in [0.05, 0.1) is 17.6 Å². The van der Waals surface area contributed by atoms with Gasteiger partial charge in [-0.2, -0.15) is 0 Å². The van der Waals surface area contributed by atoms with E-state index in [0.29, 0.717) is 18.3 Å². The van der Waals surface area contributed by atoms with Gasteiger partial charge in [-0.25, -0.2) is 0 Å². The molecule has 0 amide bonds. The van der Waals surface area contributed by atoms with E-state index in [0.717, 1.165) is 24.7 Å². The van der Waals surface area contributed by atoms with Crippen molar-refractivity contribution in [3.8, 4) is 0 Å². The smallest absolute Gasteiger partial charge is 0.144 e. The summed E-state index contributed by atoms with van der Waals surface area (Å²) in [4.78, 5) is 12.0. The number of hydrogen-bond donors (Lipinski definition) is 0. The fourth-order valence-corrected chi connectivity index (χ4v) is 4.62. The zero-order valence-corrected chi connectivity index (χ0v) is 11.8. The molecule has 0 heterocycles. The highest BCUT2D eigenvalue weighted by Gasteiger charge is 2.57. The molecule has 0 saturated heterocycles. The summed E-state index contributed by atoms with van der Waals surface area (Å²) in [5.41, 5.74) is -0.0378. The average Bonchev–Trinajstić information content (AvgIpc) is 2.79. The quantitative estimate of drug-likeness (QED) is 0.746. The molecule has 3 fully saturated rings. The highest BCUT2D eigenvalue weighted by atomic mass is 16.5. The van der Waals surface area contributed by atoms with Crippen molar-refractivity contribution in [2.24, 2.45) is 17.3 Å². The Morgan fingerprint density at radius 2 is 1.67 bits per heavy atom. The van der Waals surface area contributed by atoms with Crippen molar-refractivity contribution in [1.29, 1.82) is 0 Å². The van der Waals surface area contributed by atoms with Crippen molar-refractivity contribution >= 4 is 5.78 Å². The lowest BCUT2D eigenvalue weighted by Gasteiger charge is -2.47. The van der Waals surface area contributed by atoms with Crippen LogP contribution in [-0.2, 0) is 9.53 Å². The molecule has 0 radical (unpaired) electrons. The Morgan fingerprint density at radius 1 is 1.06 bits per heavy atom. The Hall–Kier alpha value is -0.370. The Labute approximate surface area is 110 Å². The molecule has 0 aliphatic heterocycles. The van der Waals surface area contributed by atoms with Gasteiger partial charge in [0.25, 0.3) is 0 Å². The van der Waals surface area contributed by atoms with E-state index >= 15 is 0 Å². The molecule has 2 nitrogen and oxygen atoms in total. The molecule has 3 unspecified atom stereocenters. The van der Waals surface area contributed by atoms with Crippen LogP contribution in [0.3, 0.4) is 0 Å². The van der Waals surface area contributed by atoms with Gasteiger partial charge in [0, 0.05) is 6.42 Å². The second-order valence-electron chi connectivity index (χ2n) is 7.15. The lowest BCUT2D eigenvalue weighted by molar-refractivity contribution is -0.175. The van der Waals surface area contributed by atoms with Crippen LogP contribution < -0.4 is 0 Å². The number of hydrogen-bond acceptors (Lipinski definition) is 2. The van der Waals surface area contributed by atoms with Crippen molar-refractivity contribution in [1.82, 2.24) is 0 Å². The SMILES string of the molecule is CC1CC(C)CC(OC2CC(=O)C23CCCC3)C1. The van der Waals surface area contributed by atoms with Gasteiger partial charge >= 0.3 is 0 Å². The second kappa shape index (κ2) is 4.63. The molecule has 0 aromatic heterocycles. The Kier molecular flexibility index (Phi) is 3.25. The Morgan fingerprint density at radius 3 is 2.22 bits per heavy atom. The van der Waals surface area contributed by atoms with Crippen LogP contribution in [-0.4, -0.2) is 18.0 Å². The van der Waals surface area contributed by atoms with Gasteiger partial charge < -0.3 is 4.74 Å². The summed E-state index contributed by atoms with van der Waals surface area (Å²) in [5, 5.41) is 0. The number of ether oxygens (including phenoxy) is 1. The average molecular weight is 250 g/mol. The standard InChI is InChI=1S/C16H26O2/c1-11-7-12(2)9-13(8-11)18-15-10-14(17)16(15)5-3-4-6-16/h11-13,15H,3-10H2,1-2H3. The zero-order valence-electron chi connectivity index (χ0n) is 11.8. The van der Waals surface area contributed by atoms with Crippen LogP contribution in [0.1, 0.15) is 65.2 Å². The predicted molar refractivity (Wildman–Crippen MR) is 71.4 cm³/mol. The monoisotopic (exact) mass is 250 g/mol. The summed E-state index contributed by atoms with van der Waals surface area (Å²) >= 11 is 0. The molecule has 0 aromatic rings. The highest BCUT2D eigenvalue weighted by Crippen LogP contribution is 2.52. The Bertz CT molecular complexity index is 320. The van der Waals surface area contributed by atoms with Gasteiger partial charge in [-0.05, 0) is 43.9 Å². The number of Topliss-reactive ketones (excluding diaryl/α,β-unsaturated/α-hetero) is 1. The minimum atomic E-state index is -0.0378. The first-order valence-electron chi connectivity index (χ1n) is 7.79. The predicted octanol–water partition coefficient (Wildman–Crippen LogP) is 3.73. The van der Waals surface area contributed by atoms with E-state index in [1.807, 2.05) is 0 Å². The number of rotatable bonds is 2. The molecule has 3 aliphatic rings. The van der Waals surface area contributed by atoms with E-state index in [4.69, 9.17) is 4.74 Å². The minimum Gasteiger partial charge on any atom is -0.373 e. The lowest BCUT2D eigenvalue weighted by atomic mass is 9.63. The maximum atomic E-state index is 12.0. The largest absolute Gasteiger partial charge is 0.373 e. The molecule has 0 N–H and O–H groups in total. The van der Waals surface area contributed by atoms with Crippen molar-refractivity contribution in [2.75, 3.05) is 0 Å². The summed E-state index contributed by atoms with van der Waals surface area (Å²) in [6, 6.07) is 0. The first-order valence-corrected chi connectivity index (χ1v) is 7.79. The molecule has 18 heavy (non-hydrogen) atoms. The fraction of sp³-hybridized carbons (Fsp3) is 0.938. The van der Waals surface area contributed by atoms with Crippen LogP contribution in [0.5, 0.6) is 0 Å². The minimum absolute atomic E-state index is 0.0378. The molecule has 0 aromatic carbocycles. The molecule has 3 atom stereocenters. The van der Waals surface area contributed by atoms with E-state index in [9.17, 15) is 4.79 Å². The molecule has 2 heteroatoms. The topological polar surface area (TPSA) is 26.3 Å². The van der Waals surface area contributed by atoms with Crippen molar-refractivity contribution in [3.05, 3.63) is 0 Å². The van der Waals surface area contributed by atoms with Gasteiger partial charge in [-0.3, -0.25) is 4.79 Å². The summed E-state index contributed by atoms with van der Waals surface area (Å²) in [5.74, 6) is 2.06. The van der Waals surface area contributed by atoms with E-state index in [-0.39, 0.29) is 11.5 Å². The van der Waals surface area contributed by atoms with Crippen LogP contribution in [0, 0.1) is 17.3 Å². The van der Waals surface area contributed by atoms with Crippen molar-refractivity contribution in [3.63, 3.8) is 0 Å². The third-order valence-corrected chi connectivity index (χ3v) is 5.53. The van der Waals surface area contributed by atoms with Crippen LogP contribution in [0.25, 0.3) is 0 Å². The molecule has 3 saturated carbocycles. The van der Waals surface area contributed by atoms with Gasteiger partial charge in [0.15, 0.2) is 0 Å². The van der Waals surface area contributed by atoms with Crippen LogP contribution in [0.15, 0.2) is 0 Å². The fourth-order valence-electron chi connectivity index (χ4n) is 4.62. The van der Waals surface area contributed by atoms with E-state index < -0.39 is 0 Å². The van der Waals surface area contributed by atoms with E-state index in [2.05, 4.69) is 13.8 Å². The van der Waals surface area contributed by atoms with Gasteiger partial charge in [-0.1, -0.05) is 26.7 Å². The summed E-state index contributed by atoms with van der Waals surface area (Å²) < 4.78 is 6.36. The number of ketones is 1. The number of carbonyl (C=O) groups is 1.